The van der Waals surface area contributed by atoms with Crippen molar-refractivity contribution in [2.45, 2.75) is 32.7 Å². The van der Waals surface area contributed by atoms with Crippen LogP contribution in [0.1, 0.15) is 46.8 Å². The second-order valence-electron chi connectivity index (χ2n) is 7.89. The zero-order valence-electron chi connectivity index (χ0n) is 16.3. The van der Waals surface area contributed by atoms with Gasteiger partial charge < -0.3 is 9.64 Å². The number of benzene rings is 2. The van der Waals surface area contributed by atoms with E-state index in [-0.39, 0.29) is 5.91 Å². The Morgan fingerprint density at radius 2 is 1.78 bits per heavy atom. The van der Waals surface area contributed by atoms with Crippen LogP contribution in [0, 0.1) is 0 Å². The molecule has 0 aromatic heterocycles. The highest BCUT2D eigenvalue weighted by atomic mass is 16.5. The second kappa shape index (κ2) is 7.73. The number of carbonyl (C=O) groups excluding carboxylic acids is 1. The predicted molar refractivity (Wildman–Crippen MR) is 107 cm³/mol. The number of ether oxygens (including phenoxy) is 1. The van der Waals surface area contributed by atoms with Crippen LogP contribution in [0.2, 0.25) is 0 Å². The van der Waals surface area contributed by atoms with Gasteiger partial charge in [-0.05, 0) is 40.8 Å². The first-order valence-electron chi connectivity index (χ1n) is 9.96. The molecule has 0 radical (unpaired) electrons. The largest absolute Gasteiger partial charge is 0.493 e. The van der Waals surface area contributed by atoms with Crippen LogP contribution in [0.25, 0.3) is 0 Å². The summed E-state index contributed by atoms with van der Waals surface area (Å²) in [6, 6.07) is 14.6. The van der Waals surface area contributed by atoms with Crippen LogP contribution in [0.4, 0.5) is 0 Å². The summed E-state index contributed by atoms with van der Waals surface area (Å²) in [6.45, 7) is 9.51. The fourth-order valence-electron chi connectivity index (χ4n) is 3.90. The number of nitrogens with zero attached hydrogens (tertiary/aromatic N) is 2. The molecular formula is C23H28N2O2. The van der Waals surface area contributed by atoms with E-state index in [9.17, 15) is 4.79 Å². The molecule has 4 rings (SSSR count). The molecule has 2 aliphatic rings. The van der Waals surface area contributed by atoms with Gasteiger partial charge in [-0.3, -0.25) is 9.69 Å². The molecule has 0 spiro atoms. The van der Waals surface area contributed by atoms with E-state index in [0.717, 1.165) is 57.1 Å². The summed E-state index contributed by atoms with van der Waals surface area (Å²) in [4.78, 5) is 17.2. The number of piperazine rings is 1. The van der Waals surface area contributed by atoms with Crippen molar-refractivity contribution >= 4 is 5.91 Å². The Morgan fingerprint density at radius 1 is 1.04 bits per heavy atom. The van der Waals surface area contributed by atoms with E-state index in [1.54, 1.807) is 0 Å². The predicted octanol–water partition coefficient (Wildman–Crippen LogP) is 3.70. The molecule has 4 nitrogen and oxygen atoms in total. The van der Waals surface area contributed by atoms with E-state index < -0.39 is 0 Å². The molecule has 0 atom stereocenters. The number of hydrogen-bond acceptors (Lipinski definition) is 3. The number of fused-ring (bicyclic) bond motifs is 1. The van der Waals surface area contributed by atoms with Crippen molar-refractivity contribution in [2.24, 2.45) is 0 Å². The molecule has 142 valence electrons. The van der Waals surface area contributed by atoms with E-state index in [0.29, 0.717) is 5.92 Å². The third-order valence-corrected chi connectivity index (χ3v) is 5.64. The summed E-state index contributed by atoms with van der Waals surface area (Å²) in [5.41, 5.74) is 4.73. The average molecular weight is 364 g/mol. The highest BCUT2D eigenvalue weighted by molar-refractivity contribution is 5.94. The minimum absolute atomic E-state index is 0.152. The maximum absolute atomic E-state index is 12.8. The van der Waals surface area contributed by atoms with Gasteiger partial charge in [0.25, 0.3) is 5.91 Å². The van der Waals surface area contributed by atoms with Gasteiger partial charge in [-0.15, -0.1) is 0 Å². The summed E-state index contributed by atoms with van der Waals surface area (Å²) >= 11 is 0. The summed E-state index contributed by atoms with van der Waals surface area (Å²) in [7, 11) is 0. The molecule has 2 aromatic carbocycles. The molecule has 2 aromatic rings. The van der Waals surface area contributed by atoms with Gasteiger partial charge in [0.1, 0.15) is 5.75 Å². The van der Waals surface area contributed by atoms with E-state index in [1.807, 2.05) is 17.0 Å². The highest BCUT2D eigenvalue weighted by Crippen LogP contribution is 2.26. The van der Waals surface area contributed by atoms with Crippen LogP contribution < -0.4 is 4.74 Å². The standard InChI is InChI=1S/C23H28N2O2/c1-17(2)19-4-6-20(7-5-19)23(26)25-12-10-24(11-13-25)16-18-3-8-22-21(15-18)9-14-27-22/h3-8,15,17H,9-14,16H2,1-2H3. The zero-order valence-corrected chi connectivity index (χ0v) is 16.3. The van der Waals surface area contributed by atoms with Crippen molar-refractivity contribution in [2.75, 3.05) is 32.8 Å². The van der Waals surface area contributed by atoms with E-state index in [2.05, 4.69) is 49.1 Å². The summed E-state index contributed by atoms with van der Waals surface area (Å²) in [5, 5.41) is 0. The molecule has 27 heavy (non-hydrogen) atoms. The maximum atomic E-state index is 12.8. The normalized spacial score (nSPS) is 17.1. The maximum Gasteiger partial charge on any atom is 0.253 e. The Hall–Kier alpha value is -2.33. The van der Waals surface area contributed by atoms with Gasteiger partial charge in [-0.25, -0.2) is 0 Å². The average Bonchev–Trinajstić information content (AvgIpc) is 3.16. The molecule has 1 saturated heterocycles. The molecule has 0 unspecified atom stereocenters. The Kier molecular flexibility index (Phi) is 5.17. The van der Waals surface area contributed by atoms with Gasteiger partial charge in [0.15, 0.2) is 0 Å². The number of carbonyl (C=O) groups is 1. The van der Waals surface area contributed by atoms with Crippen LogP contribution >= 0.6 is 0 Å². The van der Waals surface area contributed by atoms with Crippen LogP contribution in [0.5, 0.6) is 5.75 Å². The molecule has 4 heteroatoms. The minimum atomic E-state index is 0.152. The first-order valence-corrected chi connectivity index (χ1v) is 9.96. The van der Waals surface area contributed by atoms with Gasteiger partial charge in [-0.2, -0.15) is 0 Å². The summed E-state index contributed by atoms with van der Waals surface area (Å²) in [5.74, 6) is 1.68. The molecule has 2 heterocycles. The number of rotatable bonds is 4. The molecule has 1 fully saturated rings. The van der Waals surface area contributed by atoms with Crippen molar-refractivity contribution in [3.8, 4) is 5.75 Å². The van der Waals surface area contributed by atoms with Crippen molar-refractivity contribution < 1.29 is 9.53 Å². The van der Waals surface area contributed by atoms with E-state index in [4.69, 9.17) is 4.74 Å². The second-order valence-corrected chi connectivity index (χ2v) is 7.89. The topological polar surface area (TPSA) is 32.8 Å². The lowest BCUT2D eigenvalue weighted by atomic mass is 10.0. The SMILES string of the molecule is CC(C)c1ccc(C(=O)N2CCN(Cc3ccc4c(c3)CCO4)CC2)cc1. The quantitative estimate of drug-likeness (QED) is 0.829. The molecule has 0 N–H and O–H groups in total. The smallest absolute Gasteiger partial charge is 0.253 e. The summed E-state index contributed by atoms with van der Waals surface area (Å²) in [6.07, 6.45) is 1.01. The molecule has 1 amide bonds. The molecule has 0 aliphatic carbocycles. The monoisotopic (exact) mass is 364 g/mol. The third kappa shape index (κ3) is 4.01. The summed E-state index contributed by atoms with van der Waals surface area (Å²) < 4.78 is 5.59. The van der Waals surface area contributed by atoms with Gasteiger partial charge in [0.2, 0.25) is 0 Å². The zero-order chi connectivity index (χ0) is 18.8. The van der Waals surface area contributed by atoms with Gasteiger partial charge in [-0.1, -0.05) is 38.1 Å². The molecule has 0 saturated carbocycles. The fourth-order valence-corrected chi connectivity index (χ4v) is 3.90. The lowest BCUT2D eigenvalue weighted by Gasteiger charge is -2.35. The third-order valence-electron chi connectivity index (χ3n) is 5.64. The van der Waals surface area contributed by atoms with Crippen molar-refractivity contribution in [1.82, 2.24) is 9.80 Å². The van der Waals surface area contributed by atoms with E-state index in [1.165, 1.54) is 16.7 Å². The Labute approximate surface area is 161 Å². The van der Waals surface area contributed by atoms with Crippen LogP contribution in [0.3, 0.4) is 0 Å². The molecule has 0 bridgehead atoms. The van der Waals surface area contributed by atoms with Crippen LogP contribution in [0.15, 0.2) is 42.5 Å². The minimum Gasteiger partial charge on any atom is -0.493 e. The van der Waals surface area contributed by atoms with Gasteiger partial charge >= 0.3 is 0 Å². The van der Waals surface area contributed by atoms with Crippen molar-refractivity contribution in [3.63, 3.8) is 0 Å². The van der Waals surface area contributed by atoms with Crippen LogP contribution in [-0.4, -0.2) is 48.5 Å². The lowest BCUT2D eigenvalue weighted by Crippen LogP contribution is -2.48. The highest BCUT2D eigenvalue weighted by Gasteiger charge is 2.22. The molecule has 2 aliphatic heterocycles. The van der Waals surface area contributed by atoms with E-state index >= 15 is 0 Å². The molecular weight excluding hydrogens is 336 g/mol. The van der Waals surface area contributed by atoms with Crippen molar-refractivity contribution in [1.29, 1.82) is 0 Å². The first-order chi connectivity index (χ1) is 13.1. The number of hydrogen-bond donors (Lipinski definition) is 0. The Bertz CT molecular complexity index is 806. The Morgan fingerprint density at radius 3 is 2.48 bits per heavy atom. The van der Waals surface area contributed by atoms with Crippen LogP contribution in [-0.2, 0) is 13.0 Å². The van der Waals surface area contributed by atoms with Gasteiger partial charge in [0.05, 0.1) is 6.61 Å². The van der Waals surface area contributed by atoms with Crippen molar-refractivity contribution in [3.05, 3.63) is 64.7 Å². The lowest BCUT2D eigenvalue weighted by molar-refractivity contribution is 0.0628. The fraction of sp³-hybridized carbons (Fsp3) is 0.435. The Balaban J connectivity index is 1.32. The van der Waals surface area contributed by atoms with Gasteiger partial charge in [0, 0.05) is 44.7 Å². The number of amides is 1. The first kappa shape index (κ1) is 18.1.